The maximum Gasteiger partial charge on any atom is 0.246 e. The van der Waals surface area contributed by atoms with Crippen LogP contribution in [-0.4, -0.2) is 133 Å². The van der Waals surface area contributed by atoms with E-state index in [-0.39, 0.29) is 93.6 Å². The van der Waals surface area contributed by atoms with Crippen LogP contribution < -0.4 is 42.5 Å². The molecule has 18 nitrogen and oxygen atoms in total. The van der Waals surface area contributed by atoms with Crippen molar-refractivity contribution < 1.29 is 38.4 Å². The molecule has 2 fully saturated rings. The summed E-state index contributed by atoms with van der Waals surface area (Å²) in [5, 5.41) is 24.2. The number of rotatable bonds is 18. The Balaban J connectivity index is 0.00000528. The molecule has 0 unspecified atom stereocenters. The summed E-state index contributed by atoms with van der Waals surface area (Å²) in [5.74, 6) is -3.20. The smallest absolute Gasteiger partial charge is 0.246 e. The molecule has 2 aliphatic carbocycles. The number of hydrogen-bond acceptors (Lipinski definition) is 10. The number of amides is 8. The average molecular weight is 1150 g/mol. The summed E-state index contributed by atoms with van der Waals surface area (Å²) >= 11 is 0. The van der Waals surface area contributed by atoms with Gasteiger partial charge in [0.15, 0.2) is 0 Å². The van der Waals surface area contributed by atoms with Crippen LogP contribution in [0.3, 0.4) is 0 Å². The topological polar surface area (TPSA) is 239 Å². The molecule has 8 rings (SSSR count). The zero-order chi connectivity index (χ0) is 57.1. The number of benzene rings is 4. The van der Waals surface area contributed by atoms with Gasteiger partial charge in [0, 0.05) is 38.0 Å². The van der Waals surface area contributed by atoms with Crippen molar-refractivity contribution in [1.82, 2.24) is 52.3 Å². The van der Waals surface area contributed by atoms with Crippen molar-refractivity contribution in [1.29, 1.82) is 0 Å². The number of carbonyl (C=O) groups excluding carboxylic acids is 8. The van der Waals surface area contributed by atoms with E-state index < -0.39 is 94.9 Å². The van der Waals surface area contributed by atoms with Gasteiger partial charge in [-0.05, 0) is 103 Å². The third-order valence-electron chi connectivity index (χ3n) is 16.0. The minimum absolute atomic E-state index is 0. The molecular formula is C61H80Cl2N10O8. The number of carbonyl (C=O) groups is 8. The molecule has 8 atom stereocenters. The molecule has 0 aromatic heterocycles. The van der Waals surface area contributed by atoms with E-state index in [1.165, 1.54) is 9.80 Å². The SMILES string of the molecule is CN[C@@H](C)C(=O)N[C@H](C(=O)N1C[C@@H](NC(=O)CCCC(=O)N[C@H]2C[C@@H](C(=O)NC3c4ccccc4-c4ccccc43)N(C(=O)[C@@H](NC(=O)[C@H](C)NC)C(C)(C)C)C2)C[C@H]1C(=O)NC1c2ccccc2-c2ccccc21)C(C)(C)C.Cl.Cl. The Labute approximate surface area is 488 Å². The number of hydrogen-bond donors (Lipinski definition) is 8. The summed E-state index contributed by atoms with van der Waals surface area (Å²) in [7, 11) is 3.30. The first kappa shape index (κ1) is 63.3. The van der Waals surface area contributed by atoms with Crippen molar-refractivity contribution in [2.24, 2.45) is 10.8 Å². The van der Waals surface area contributed by atoms with Gasteiger partial charge in [-0.15, -0.1) is 24.8 Å². The van der Waals surface area contributed by atoms with Crippen LogP contribution in [0.15, 0.2) is 97.1 Å². The third kappa shape index (κ3) is 13.9. The molecule has 20 heteroatoms. The maximum absolute atomic E-state index is 14.7. The molecule has 4 aromatic rings. The van der Waals surface area contributed by atoms with Crippen LogP contribution in [0.5, 0.6) is 0 Å². The van der Waals surface area contributed by atoms with E-state index in [0.29, 0.717) is 0 Å². The lowest BCUT2D eigenvalue weighted by atomic mass is 9.85. The first-order chi connectivity index (χ1) is 37.5. The first-order valence-electron chi connectivity index (χ1n) is 27.6. The molecule has 8 N–H and O–H groups in total. The number of halogens is 2. The summed E-state index contributed by atoms with van der Waals surface area (Å²) in [4.78, 5) is 116. The van der Waals surface area contributed by atoms with Gasteiger partial charge in [-0.25, -0.2) is 0 Å². The summed E-state index contributed by atoms with van der Waals surface area (Å²) in [6.45, 7) is 14.5. The second-order valence-corrected chi connectivity index (χ2v) is 23.7. The maximum atomic E-state index is 14.7. The van der Waals surface area contributed by atoms with E-state index in [2.05, 4.69) is 42.5 Å². The molecule has 0 radical (unpaired) electrons. The number of likely N-dealkylation sites (tertiary alicyclic amines) is 2. The number of likely N-dealkylation sites (N-methyl/N-ethyl adjacent to an activating group) is 2. The Morgan fingerprint density at radius 3 is 1.06 bits per heavy atom. The van der Waals surface area contributed by atoms with E-state index in [0.717, 1.165) is 44.5 Å². The molecule has 4 aromatic carbocycles. The van der Waals surface area contributed by atoms with Crippen LogP contribution in [0.2, 0.25) is 0 Å². The van der Waals surface area contributed by atoms with Crippen molar-refractivity contribution in [3.05, 3.63) is 119 Å². The standard InChI is InChI=1S/C61H78N10O8.2ClH/c1-34(62-9)54(74)68-52(60(3,4)5)58(78)70-32-36(30-46(70)56(76)66-50-42-24-15-11-20-38(42)39-21-12-16-25-43(39)50)64-48(72)28-19-29-49(73)65-37-31-47(71(33-37)59(79)53(61(6,7)8)69-55(75)35(2)63-10)57(77)67-51-44-26-17-13-22-40(44)41-23-14-18-27-45(41)51;;/h11-18,20-27,34-37,46-47,50-53,62-63H,19,28-33H2,1-10H3,(H,64,72)(H,65,73)(H,66,76)(H,67,77)(H,68,74)(H,69,75);2*1H/t34-,35-,36-,37-,46-,47-,52+,53+;;/m0../s1. The minimum atomic E-state index is -1.00. The Hall–Kier alpha value is -6.86. The highest BCUT2D eigenvalue weighted by Crippen LogP contribution is 2.45. The Morgan fingerprint density at radius 2 is 0.778 bits per heavy atom. The van der Waals surface area contributed by atoms with Crippen LogP contribution in [-0.2, 0) is 38.4 Å². The van der Waals surface area contributed by atoms with Crippen LogP contribution in [0.1, 0.15) is 122 Å². The lowest BCUT2D eigenvalue weighted by molar-refractivity contribution is -0.144. The third-order valence-corrected chi connectivity index (χ3v) is 16.0. The Kier molecular flexibility index (Phi) is 20.6. The van der Waals surface area contributed by atoms with Crippen molar-refractivity contribution in [2.45, 2.75) is 148 Å². The van der Waals surface area contributed by atoms with Crippen LogP contribution in [0.25, 0.3) is 22.3 Å². The highest BCUT2D eigenvalue weighted by molar-refractivity contribution is 5.97. The van der Waals surface area contributed by atoms with Gasteiger partial charge in [0.1, 0.15) is 24.2 Å². The fourth-order valence-corrected chi connectivity index (χ4v) is 11.4. The molecule has 81 heavy (non-hydrogen) atoms. The van der Waals surface area contributed by atoms with Crippen LogP contribution in [0, 0.1) is 10.8 Å². The Morgan fingerprint density at radius 1 is 0.481 bits per heavy atom. The molecule has 0 bridgehead atoms. The fourth-order valence-electron chi connectivity index (χ4n) is 11.4. The second-order valence-electron chi connectivity index (χ2n) is 23.7. The zero-order valence-electron chi connectivity index (χ0n) is 47.9. The summed E-state index contributed by atoms with van der Waals surface area (Å²) in [6.07, 6.45) is 0.278. The molecule has 2 heterocycles. The summed E-state index contributed by atoms with van der Waals surface area (Å²) in [6, 6.07) is 24.1. The average Bonchev–Trinajstić information content (AvgIpc) is 4.20. The molecule has 8 amide bonds. The number of fused-ring (bicyclic) bond motifs is 6. The highest BCUT2D eigenvalue weighted by Gasteiger charge is 2.48. The van der Waals surface area contributed by atoms with Gasteiger partial charge in [-0.3, -0.25) is 38.4 Å². The monoisotopic (exact) mass is 1150 g/mol. The van der Waals surface area contributed by atoms with Crippen LogP contribution in [0.4, 0.5) is 0 Å². The van der Waals surface area contributed by atoms with Gasteiger partial charge >= 0.3 is 0 Å². The summed E-state index contributed by atoms with van der Waals surface area (Å²) in [5.41, 5.74) is 6.24. The van der Waals surface area contributed by atoms with Gasteiger partial charge < -0.3 is 52.3 Å². The molecule has 4 aliphatic rings. The van der Waals surface area contributed by atoms with Gasteiger partial charge in [-0.2, -0.15) is 0 Å². The van der Waals surface area contributed by atoms with Gasteiger partial charge in [-0.1, -0.05) is 139 Å². The molecule has 2 saturated heterocycles. The first-order valence-corrected chi connectivity index (χ1v) is 27.6. The van der Waals surface area contributed by atoms with Crippen molar-refractivity contribution in [3.63, 3.8) is 0 Å². The van der Waals surface area contributed by atoms with E-state index in [4.69, 9.17) is 0 Å². The molecule has 436 valence electrons. The van der Waals surface area contributed by atoms with E-state index >= 15 is 0 Å². The quantitative estimate of drug-likeness (QED) is 0.0647. The van der Waals surface area contributed by atoms with Crippen molar-refractivity contribution >= 4 is 72.1 Å². The van der Waals surface area contributed by atoms with Gasteiger partial charge in [0.2, 0.25) is 47.3 Å². The summed E-state index contributed by atoms with van der Waals surface area (Å²) < 4.78 is 0. The lowest BCUT2D eigenvalue weighted by Gasteiger charge is -2.36. The van der Waals surface area contributed by atoms with Crippen LogP contribution >= 0.6 is 24.8 Å². The second kappa shape index (κ2) is 26.4. The predicted octanol–water partition coefficient (Wildman–Crippen LogP) is 5.22. The van der Waals surface area contributed by atoms with Crippen molar-refractivity contribution in [3.8, 4) is 22.3 Å². The highest BCUT2D eigenvalue weighted by atomic mass is 35.5. The molecule has 0 spiro atoms. The minimum Gasteiger partial charge on any atom is -0.351 e. The zero-order valence-corrected chi connectivity index (χ0v) is 49.6. The van der Waals surface area contributed by atoms with Gasteiger partial charge in [0.25, 0.3) is 0 Å². The lowest BCUT2D eigenvalue weighted by Crippen LogP contribution is -2.59. The normalized spacial score (nSPS) is 19.6. The number of nitrogens with one attached hydrogen (secondary N) is 8. The largest absolute Gasteiger partial charge is 0.351 e. The number of nitrogens with zero attached hydrogens (tertiary/aromatic N) is 2. The van der Waals surface area contributed by atoms with E-state index in [9.17, 15) is 38.4 Å². The van der Waals surface area contributed by atoms with E-state index in [1.807, 2.05) is 139 Å². The molecular weight excluding hydrogens is 1070 g/mol. The van der Waals surface area contributed by atoms with Gasteiger partial charge in [0.05, 0.1) is 24.2 Å². The van der Waals surface area contributed by atoms with E-state index in [1.54, 1.807) is 27.9 Å². The Bertz CT molecular complexity index is 2710. The molecule has 0 saturated carbocycles. The molecule has 2 aliphatic heterocycles. The predicted molar refractivity (Wildman–Crippen MR) is 316 cm³/mol. The fraction of sp³-hybridized carbons (Fsp3) is 0.475. The van der Waals surface area contributed by atoms with Crippen molar-refractivity contribution in [2.75, 3.05) is 27.2 Å².